The Labute approximate surface area is 97.8 Å². The summed E-state index contributed by atoms with van der Waals surface area (Å²) in [5.74, 6) is 0. The summed E-state index contributed by atoms with van der Waals surface area (Å²) in [6.07, 6.45) is 1.02. The lowest BCUT2D eigenvalue weighted by atomic mass is 10.1. The van der Waals surface area contributed by atoms with Crippen molar-refractivity contribution >= 4 is 11.6 Å². The predicted molar refractivity (Wildman–Crippen MR) is 67.6 cm³/mol. The van der Waals surface area contributed by atoms with Gasteiger partial charge < -0.3 is 5.32 Å². The number of hydrogen-bond acceptors (Lipinski definition) is 1. The minimum Gasteiger partial charge on any atom is -0.311 e. The number of halogens is 1. The fraction of sp³-hybridized carbons (Fsp3) is 0.538. The summed E-state index contributed by atoms with van der Waals surface area (Å²) in [6, 6.07) is 6.63. The number of nitrogens with one attached hydrogen (secondary N) is 1. The van der Waals surface area contributed by atoms with Gasteiger partial charge >= 0.3 is 0 Å². The molecule has 0 aliphatic carbocycles. The summed E-state index contributed by atoms with van der Waals surface area (Å²) in [5, 5.41) is 3.62. The van der Waals surface area contributed by atoms with Crippen molar-refractivity contribution in [3.8, 4) is 0 Å². The molecule has 0 aliphatic rings. The summed E-state index contributed by atoms with van der Waals surface area (Å²) < 4.78 is 0. The minimum atomic E-state index is 0.246. The van der Waals surface area contributed by atoms with Crippen LogP contribution in [0.4, 0.5) is 0 Å². The van der Waals surface area contributed by atoms with Gasteiger partial charge in [-0.05, 0) is 25.8 Å². The van der Waals surface area contributed by atoms with E-state index in [1.165, 1.54) is 16.7 Å². The maximum absolute atomic E-state index is 6.03. The van der Waals surface area contributed by atoms with Gasteiger partial charge in [0.25, 0.3) is 0 Å². The lowest BCUT2D eigenvalue weighted by Gasteiger charge is -2.09. The van der Waals surface area contributed by atoms with Gasteiger partial charge in [0.15, 0.2) is 0 Å². The van der Waals surface area contributed by atoms with E-state index in [0.29, 0.717) is 0 Å². The molecule has 1 unspecified atom stereocenters. The van der Waals surface area contributed by atoms with E-state index in [9.17, 15) is 0 Å². The van der Waals surface area contributed by atoms with Crippen molar-refractivity contribution in [3.63, 3.8) is 0 Å². The van der Waals surface area contributed by atoms with Gasteiger partial charge in [0.1, 0.15) is 0 Å². The Morgan fingerprint density at radius 3 is 2.33 bits per heavy atom. The normalized spacial score (nSPS) is 12.8. The Hall–Kier alpha value is -0.530. The Kier molecular flexibility index (Phi) is 5.13. The molecule has 0 bridgehead atoms. The van der Waals surface area contributed by atoms with Crippen LogP contribution in [0.15, 0.2) is 18.2 Å². The van der Waals surface area contributed by atoms with Crippen LogP contribution in [0.25, 0.3) is 0 Å². The van der Waals surface area contributed by atoms with E-state index in [1.807, 2.05) is 0 Å². The van der Waals surface area contributed by atoms with Gasteiger partial charge in [0.2, 0.25) is 0 Å². The highest BCUT2D eigenvalue weighted by molar-refractivity contribution is 6.20. The van der Waals surface area contributed by atoms with E-state index in [1.54, 1.807) is 0 Å². The first-order valence-electron chi connectivity index (χ1n) is 5.53. The first kappa shape index (κ1) is 12.5. The number of rotatable bonds is 5. The molecule has 0 aliphatic heterocycles. The van der Waals surface area contributed by atoms with Crippen molar-refractivity contribution in [1.29, 1.82) is 0 Å². The van der Waals surface area contributed by atoms with Crippen LogP contribution in [0.1, 0.15) is 30.0 Å². The van der Waals surface area contributed by atoms with Gasteiger partial charge in [-0.15, -0.1) is 11.6 Å². The van der Waals surface area contributed by atoms with Crippen LogP contribution < -0.4 is 5.32 Å². The van der Waals surface area contributed by atoms with Crippen molar-refractivity contribution in [1.82, 2.24) is 5.32 Å². The molecule has 0 aromatic heterocycles. The van der Waals surface area contributed by atoms with Crippen molar-refractivity contribution < 1.29 is 0 Å². The molecular formula is C13H20ClN. The van der Waals surface area contributed by atoms with Crippen LogP contribution in [0.3, 0.4) is 0 Å². The van der Waals surface area contributed by atoms with Crippen molar-refractivity contribution in [2.45, 2.75) is 39.1 Å². The lowest BCUT2D eigenvalue weighted by Crippen LogP contribution is -2.22. The summed E-state index contributed by atoms with van der Waals surface area (Å²) >= 11 is 6.03. The zero-order chi connectivity index (χ0) is 11.3. The monoisotopic (exact) mass is 225 g/mol. The number of aryl methyl sites for hydroxylation is 2. The molecule has 1 nitrogen and oxygen atoms in total. The summed E-state index contributed by atoms with van der Waals surface area (Å²) in [4.78, 5) is 0. The van der Waals surface area contributed by atoms with Gasteiger partial charge in [0, 0.05) is 18.5 Å². The minimum absolute atomic E-state index is 0.246. The van der Waals surface area contributed by atoms with E-state index >= 15 is 0 Å². The van der Waals surface area contributed by atoms with Gasteiger partial charge in [-0.1, -0.05) is 36.2 Å². The molecule has 1 N–H and O–H groups in total. The molecule has 0 radical (unpaired) electrons. The van der Waals surface area contributed by atoms with Crippen molar-refractivity contribution in [2.24, 2.45) is 0 Å². The fourth-order valence-electron chi connectivity index (χ4n) is 1.69. The van der Waals surface area contributed by atoms with Gasteiger partial charge in [-0.25, -0.2) is 0 Å². The summed E-state index contributed by atoms with van der Waals surface area (Å²) in [7, 11) is 0. The van der Waals surface area contributed by atoms with E-state index in [2.05, 4.69) is 44.3 Å². The van der Waals surface area contributed by atoms with E-state index in [-0.39, 0.29) is 5.38 Å². The molecule has 1 atom stereocenters. The Balaban J connectivity index is 2.43. The smallest absolute Gasteiger partial charge is 0.0458 e. The third-order valence-corrected chi connectivity index (χ3v) is 2.88. The molecule has 0 spiro atoms. The highest BCUT2D eigenvalue weighted by atomic mass is 35.5. The number of hydrogen-bond donors (Lipinski definition) is 1. The standard InChI is InChI=1S/C13H20ClN/c1-4-13(14)9-15-8-12-6-10(2)5-11(3)7-12/h5-7,13,15H,4,8-9H2,1-3H3. The zero-order valence-corrected chi connectivity index (χ0v) is 10.6. The predicted octanol–water partition coefficient (Wildman–Crippen LogP) is 3.41. The highest BCUT2D eigenvalue weighted by Crippen LogP contribution is 2.08. The lowest BCUT2D eigenvalue weighted by molar-refractivity contribution is 0.647. The van der Waals surface area contributed by atoms with Crippen LogP contribution in [0, 0.1) is 13.8 Å². The Morgan fingerprint density at radius 1 is 1.20 bits per heavy atom. The third kappa shape index (κ3) is 4.67. The molecule has 15 heavy (non-hydrogen) atoms. The van der Waals surface area contributed by atoms with E-state index < -0.39 is 0 Å². The summed E-state index contributed by atoms with van der Waals surface area (Å²) in [5.41, 5.74) is 3.99. The van der Waals surface area contributed by atoms with E-state index in [0.717, 1.165) is 19.5 Å². The first-order chi connectivity index (χ1) is 7.11. The second kappa shape index (κ2) is 6.14. The number of alkyl halides is 1. The van der Waals surface area contributed by atoms with Gasteiger partial charge in [0.05, 0.1) is 0 Å². The van der Waals surface area contributed by atoms with Crippen LogP contribution in [0.5, 0.6) is 0 Å². The molecular weight excluding hydrogens is 206 g/mol. The van der Waals surface area contributed by atoms with Crippen LogP contribution in [0.2, 0.25) is 0 Å². The SMILES string of the molecule is CCC(Cl)CNCc1cc(C)cc(C)c1. The molecule has 0 saturated heterocycles. The second-order valence-corrected chi connectivity index (χ2v) is 4.75. The van der Waals surface area contributed by atoms with Crippen molar-refractivity contribution in [3.05, 3.63) is 34.9 Å². The first-order valence-corrected chi connectivity index (χ1v) is 5.97. The van der Waals surface area contributed by atoms with E-state index in [4.69, 9.17) is 11.6 Å². The molecule has 1 rings (SSSR count). The molecule has 0 fully saturated rings. The quantitative estimate of drug-likeness (QED) is 0.758. The van der Waals surface area contributed by atoms with Crippen LogP contribution in [-0.4, -0.2) is 11.9 Å². The fourth-order valence-corrected chi connectivity index (χ4v) is 1.80. The maximum Gasteiger partial charge on any atom is 0.0458 e. The molecule has 0 amide bonds. The van der Waals surface area contributed by atoms with Gasteiger partial charge in [-0.3, -0.25) is 0 Å². The molecule has 1 aromatic carbocycles. The molecule has 1 aromatic rings. The summed E-state index contributed by atoms with van der Waals surface area (Å²) in [6.45, 7) is 8.16. The Bertz CT molecular complexity index is 289. The zero-order valence-electron chi connectivity index (χ0n) is 9.81. The topological polar surface area (TPSA) is 12.0 Å². The van der Waals surface area contributed by atoms with Crippen molar-refractivity contribution in [2.75, 3.05) is 6.54 Å². The highest BCUT2D eigenvalue weighted by Gasteiger charge is 2.00. The molecule has 2 heteroatoms. The average molecular weight is 226 g/mol. The maximum atomic E-state index is 6.03. The third-order valence-electron chi connectivity index (χ3n) is 2.42. The Morgan fingerprint density at radius 2 is 1.80 bits per heavy atom. The molecule has 0 saturated carbocycles. The van der Waals surface area contributed by atoms with Gasteiger partial charge in [-0.2, -0.15) is 0 Å². The average Bonchev–Trinajstić information content (AvgIpc) is 2.16. The second-order valence-electron chi connectivity index (χ2n) is 4.13. The number of benzene rings is 1. The van der Waals surface area contributed by atoms with Crippen LogP contribution in [-0.2, 0) is 6.54 Å². The van der Waals surface area contributed by atoms with Crippen LogP contribution >= 0.6 is 11.6 Å². The molecule has 84 valence electrons. The largest absolute Gasteiger partial charge is 0.311 e. The molecule has 0 heterocycles.